The van der Waals surface area contributed by atoms with E-state index in [1.54, 1.807) is 13.0 Å². The fourth-order valence-electron chi connectivity index (χ4n) is 2.15. The average molecular weight is 349 g/mol. The summed E-state index contributed by atoms with van der Waals surface area (Å²) in [6.45, 7) is 6.07. The summed E-state index contributed by atoms with van der Waals surface area (Å²) < 4.78 is 1.34. The predicted molar refractivity (Wildman–Crippen MR) is 93.6 cm³/mol. The molecule has 0 saturated heterocycles. The number of rotatable bonds is 9. The van der Waals surface area contributed by atoms with Crippen molar-refractivity contribution in [3.05, 3.63) is 46.4 Å². The van der Waals surface area contributed by atoms with Gasteiger partial charge in [0.15, 0.2) is 5.96 Å². The number of carboxylic acid groups (broad SMARTS) is 1. The summed E-state index contributed by atoms with van der Waals surface area (Å²) in [6, 6.07) is 1.75. The molecule has 0 aliphatic rings. The Balaban J connectivity index is 2.80. The molecule has 25 heavy (non-hydrogen) atoms. The van der Waals surface area contributed by atoms with Crippen LogP contribution in [0.4, 0.5) is 0 Å². The maximum Gasteiger partial charge on any atom is 0.326 e. The second kappa shape index (κ2) is 9.26. The van der Waals surface area contributed by atoms with Crippen LogP contribution in [0.3, 0.4) is 0 Å². The van der Waals surface area contributed by atoms with Crippen molar-refractivity contribution in [2.24, 2.45) is 5.73 Å². The first-order chi connectivity index (χ1) is 11.7. The minimum atomic E-state index is -1.20. The molecular formula is C16H23N5O4. The highest BCUT2D eigenvalue weighted by molar-refractivity contribution is 5.96. The van der Waals surface area contributed by atoms with Gasteiger partial charge in [-0.2, -0.15) is 0 Å². The number of pyridine rings is 1. The number of hydrogen-bond donors (Lipinski definition) is 5. The Morgan fingerprint density at radius 2 is 2.16 bits per heavy atom. The zero-order chi connectivity index (χ0) is 19.0. The monoisotopic (exact) mass is 349 g/mol. The maximum atomic E-state index is 12.3. The number of guanidine groups is 1. The number of allylic oxidation sites excluding steroid dienone is 1. The Bertz CT molecular complexity index is 725. The van der Waals surface area contributed by atoms with Gasteiger partial charge in [0.05, 0.1) is 0 Å². The third-order valence-corrected chi connectivity index (χ3v) is 3.29. The molecule has 136 valence electrons. The molecule has 1 aromatic heterocycles. The fourth-order valence-corrected chi connectivity index (χ4v) is 2.15. The van der Waals surface area contributed by atoms with Crippen LogP contribution in [0.2, 0.25) is 0 Å². The molecule has 0 aliphatic carbocycles. The largest absolute Gasteiger partial charge is 0.480 e. The van der Waals surface area contributed by atoms with Crippen molar-refractivity contribution in [1.29, 1.82) is 5.41 Å². The van der Waals surface area contributed by atoms with Crippen LogP contribution < -0.4 is 21.9 Å². The van der Waals surface area contributed by atoms with Gasteiger partial charge in [0.2, 0.25) is 0 Å². The Labute approximate surface area is 145 Å². The Morgan fingerprint density at radius 1 is 1.48 bits per heavy atom. The highest BCUT2D eigenvalue weighted by Gasteiger charge is 2.22. The van der Waals surface area contributed by atoms with Crippen LogP contribution in [-0.2, 0) is 11.3 Å². The van der Waals surface area contributed by atoms with Gasteiger partial charge in [-0.1, -0.05) is 12.2 Å². The maximum absolute atomic E-state index is 12.3. The van der Waals surface area contributed by atoms with Gasteiger partial charge < -0.3 is 26.0 Å². The van der Waals surface area contributed by atoms with E-state index in [0.717, 1.165) is 5.57 Å². The molecule has 9 nitrogen and oxygen atoms in total. The topological polar surface area (TPSA) is 150 Å². The molecule has 1 rings (SSSR count). The SMILES string of the molecule is C=C(C)Cn1cccc(C(=O)N[C@@H](CCCNC(=N)N)C(=O)O)c1=O. The number of carbonyl (C=O) groups excluding carboxylic acids is 1. The zero-order valence-corrected chi connectivity index (χ0v) is 14.0. The molecule has 0 bridgehead atoms. The van der Waals surface area contributed by atoms with Gasteiger partial charge in [0, 0.05) is 19.3 Å². The quantitative estimate of drug-likeness (QED) is 0.181. The molecule has 0 radical (unpaired) electrons. The third kappa shape index (κ3) is 6.50. The number of nitrogens with one attached hydrogen (secondary N) is 3. The van der Waals surface area contributed by atoms with Crippen LogP contribution in [0.1, 0.15) is 30.1 Å². The number of nitrogens with two attached hydrogens (primary N) is 1. The Hall–Kier alpha value is -3.10. The van der Waals surface area contributed by atoms with Crippen LogP contribution >= 0.6 is 0 Å². The number of hydrogen-bond acceptors (Lipinski definition) is 4. The molecule has 0 fully saturated rings. The molecule has 1 amide bonds. The molecule has 1 aromatic rings. The van der Waals surface area contributed by atoms with Crippen molar-refractivity contribution in [2.45, 2.75) is 32.4 Å². The molecule has 6 N–H and O–H groups in total. The standard InChI is InChI=1S/C16H23N5O4/c1-10(2)9-21-8-4-5-11(14(21)23)13(22)20-12(15(24)25)6-3-7-19-16(17)18/h4-5,8,12H,1,3,6-7,9H2,2H3,(H,20,22)(H,24,25)(H4,17,18,19)/t12-/m0/s1. The summed E-state index contributed by atoms with van der Waals surface area (Å²) in [6.07, 6.45) is 2.05. The third-order valence-electron chi connectivity index (χ3n) is 3.29. The van der Waals surface area contributed by atoms with E-state index in [9.17, 15) is 19.5 Å². The molecule has 0 aliphatic heterocycles. The van der Waals surface area contributed by atoms with E-state index in [1.807, 2.05) is 0 Å². The Morgan fingerprint density at radius 3 is 2.72 bits per heavy atom. The molecule has 9 heteroatoms. The van der Waals surface area contributed by atoms with Gasteiger partial charge in [0.25, 0.3) is 11.5 Å². The second-order valence-electron chi connectivity index (χ2n) is 5.66. The normalized spacial score (nSPS) is 11.4. The van der Waals surface area contributed by atoms with E-state index in [4.69, 9.17) is 11.1 Å². The van der Waals surface area contributed by atoms with Crippen LogP contribution in [-0.4, -0.2) is 40.1 Å². The van der Waals surface area contributed by atoms with E-state index in [1.165, 1.54) is 16.8 Å². The van der Waals surface area contributed by atoms with Crippen molar-refractivity contribution >= 4 is 17.8 Å². The summed E-state index contributed by atoms with van der Waals surface area (Å²) in [5.41, 5.74) is 5.25. The van der Waals surface area contributed by atoms with Crippen LogP contribution in [0.5, 0.6) is 0 Å². The molecular weight excluding hydrogens is 326 g/mol. The van der Waals surface area contributed by atoms with Gasteiger partial charge in [0.1, 0.15) is 11.6 Å². The minimum Gasteiger partial charge on any atom is -0.480 e. The van der Waals surface area contributed by atoms with E-state index < -0.39 is 23.5 Å². The van der Waals surface area contributed by atoms with Crippen molar-refractivity contribution < 1.29 is 14.7 Å². The van der Waals surface area contributed by atoms with Crippen molar-refractivity contribution in [3.63, 3.8) is 0 Å². The lowest BCUT2D eigenvalue weighted by Gasteiger charge is -2.15. The highest BCUT2D eigenvalue weighted by atomic mass is 16.4. The van der Waals surface area contributed by atoms with Gasteiger partial charge >= 0.3 is 5.97 Å². The summed E-state index contributed by atoms with van der Waals surface area (Å²) in [5, 5.41) is 21.2. The fraction of sp³-hybridized carbons (Fsp3) is 0.375. The van der Waals surface area contributed by atoms with Gasteiger partial charge in [-0.05, 0) is 31.9 Å². The number of carboxylic acids is 1. The lowest BCUT2D eigenvalue weighted by molar-refractivity contribution is -0.139. The Kier molecular flexibility index (Phi) is 7.39. The summed E-state index contributed by atoms with van der Waals surface area (Å²) in [5.74, 6) is -2.15. The van der Waals surface area contributed by atoms with E-state index in [-0.39, 0.29) is 24.5 Å². The highest BCUT2D eigenvalue weighted by Crippen LogP contribution is 2.01. The number of aromatic nitrogens is 1. The zero-order valence-electron chi connectivity index (χ0n) is 14.0. The lowest BCUT2D eigenvalue weighted by Crippen LogP contribution is -2.43. The van der Waals surface area contributed by atoms with Crippen molar-refractivity contribution in [3.8, 4) is 0 Å². The average Bonchev–Trinajstić information content (AvgIpc) is 2.51. The second-order valence-corrected chi connectivity index (χ2v) is 5.66. The van der Waals surface area contributed by atoms with Gasteiger partial charge in [-0.3, -0.25) is 15.0 Å². The van der Waals surface area contributed by atoms with Crippen LogP contribution in [0.25, 0.3) is 0 Å². The number of aliphatic carboxylic acids is 1. The molecule has 1 atom stereocenters. The molecule has 0 unspecified atom stereocenters. The summed E-state index contributed by atoms with van der Waals surface area (Å²) in [4.78, 5) is 35.9. The van der Waals surface area contributed by atoms with Crippen molar-refractivity contribution in [1.82, 2.24) is 15.2 Å². The van der Waals surface area contributed by atoms with Gasteiger partial charge in [-0.15, -0.1) is 0 Å². The molecule has 0 aromatic carbocycles. The smallest absolute Gasteiger partial charge is 0.326 e. The molecule has 0 saturated carbocycles. The summed E-state index contributed by atoms with van der Waals surface area (Å²) in [7, 11) is 0. The van der Waals surface area contributed by atoms with Crippen LogP contribution in [0, 0.1) is 5.41 Å². The first kappa shape index (κ1) is 19.9. The van der Waals surface area contributed by atoms with Gasteiger partial charge in [-0.25, -0.2) is 4.79 Å². The molecule has 0 spiro atoms. The van der Waals surface area contributed by atoms with Crippen LogP contribution in [0.15, 0.2) is 35.3 Å². The lowest BCUT2D eigenvalue weighted by atomic mass is 10.1. The summed E-state index contributed by atoms with van der Waals surface area (Å²) >= 11 is 0. The number of nitrogens with zero attached hydrogens (tertiary/aromatic N) is 1. The first-order valence-electron chi connectivity index (χ1n) is 7.67. The van der Waals surface area contributed by atoms with E-state index >= 15 is 0 Å². The van der Waals surface area contributed by atoms with Crippen molar-refractivity contribution in [2.75, 3.05) is 6.54 Å². The van der Waals surface area contributed by atoms with E-state index in [0.29, 0.717) is 13.0 Å². The number of carbonyl (C=O) groups is 2. The predicted octanol–water partition coefficient (Wildman–Crippen LogP) is -0.129. The first-order valence-corrected chi connectivity index (χ1v) is 7.67. The minimum absolute atomic E-state index is 0.128. The molecule has 1 heterocycles. The number of amides is 1. The van der Waals surface area contributed by atoms with E-state index in [2.05, 4.69) is 17.2 Å².